The molecule has 23 heavy (non-hydrogen) atoms. The summed E-state index contributed by atoms with van der Waals surface area (Å²) in [4.78, 5) is 12.4. The van der Waals surface area contributed by atoms with Gasteiger partial charge in [-0.1, -0.05) is 18.2 Å². The zero-order chi connectivity index (χ0) is 16.8. The molecule has 1 heterocycles. The molecule has 0 spiro atoms. The molecule has 2 aromatic rings. The predicted molar refractivity (Wildman–Crippen MR) is 87.3 cm³/mol. The van der Waals surface area contributed by atoms with Crippen LogP contribution in [-0.2, 0) is 11.3 Å². The maximum absolute atomic E-state index is 12.4. The second kappa shape index (κ2) is 7.78. The van der Waals surface area contributed by atoms with E-state index in [0.29, 0.717) is 12.3 Å². The van der Waals surface area contributed by atoms with Crippen LogP contribution < -0.4 is 10.1 Å². The zero-order valence-corrected chi connectivity index (χ0v) is 13.7. The molecule has 0 saturated heterocycles. The standard InChI is InChI=1S/C17H23N3O3/c1-12-10-13(2)20(19-12)14(3)17(22)18-11-15-6-4-5-7-16(15)23-9-8-21/h4-7,10,14,21H,8-9,11H2,1-3H3,(H,18,22). The van der Waals surface area contributed by atoms with E-state index in [1.807, 2.05) is 51.1 Å². The van der Waals surface area contributed by atoms with E-state index in [9.17, 15) is 4.79 Å². The van der Waals surface area contributed by atoms with Crippen molar-refractivity contribution in [2.24, 2.45) is 0 Å². The van der Waals surface area contributed by atoms with Crippen LogP contribution in [0.3, 0.4) is 0 Å². The van der Waals surface area contributed by atoms with E-state index in [1.165, 1.54) is 0 Å². The summed E-state index contributed by atoms with van der Waals surface area (Å²) in [6.07, 6.45) is 0. The van der Waals surface area contributed by atoms with Crippen LogP contribution in [0.2, 0.25) is 0 Å². The number of hydrogen-bond acceptors (Lipinski definition) is 4. The number of nitrogens with zero attached hydrogens (tertiary/aromatic N) is 2. The fourth-order valence-corrected chi connectivity index (χ4v) is 2.43. The van der Waals surface area contributed by atoms with E-state index in [2.05, 4.69) is 10.4 Å². The summed E-state index contributed by atoms with van der Waals surface area (Å²) in [5.41, 5.74) is 2.72. The van der Waals surface area contributed by atoms with Gasteiger partial charge in [0.1, 0.15) is 18.4 Å². The SMILES string of the molecule is Cc1cc(C)n(C(C)C(=O)NCc2ccccc2OCCO)n1. The van der Waals surface area contributed by atoms with Crippen LogP contribution in [0.15, 0.2) is 30.3 Å². The highest BCUT2D eigenvalue weighted by atomic mass is 16.5. The Hall–Kier alpha value is -2.34. The fourth-order valence-electron chi connectivity index (χ4n) is 2.43. The first-order valence-electron chi connectivity index (χ1n) is 7.65. The Labute approximate surface area is 136 Å². The summed E-state index contributed by atoms with van der Waals surface area (Å²) in [5.74, 6) is 0.564. The van der Waals surface area contributed by atoms with Gasteiger partial charge in [0.25, 0.3) is 0 Å². The smallest absolute Gasteiger partial charge is 0.244 e. The molecule has 1 amide bonds. The number of ether oxygens (including phenoxy) is 1. The molecule has 1 aromatic carbocycles. The average molecular weight is 317 g/mol. The molecule has 0 aliphatic heterocycles. The fraction of sp³-hybridized carbons (Fsp3) is 0.412. The molecule has 2 rings (SSSR count). The third-order valence-corrected chi connectivity index (χ3v) is 3.57. The van der Waals surface area contributed by atoms with Gasteiger partial charge in [0, 0.05) is 17.8 Å². The highest BCUT2D eigenvalue weighted by molar-refractivity contribution is 5.79. The lowest BCUT2D eigenvalue weighted by Crippen LogP contribution is -2.31. The van der Waals surface area contributed by atoms with Crippen LogP contribution in [0, 0.1) is 13.8 Å². The number of rotatable bonds is 7. The van der Waals surface area contributed by atoms with Crippen molar-refractivity contribution in [3.8, 4) is 5.75 Å². The maximum Gasteiger partial charge on any atom is 0.244 e. The molecule has 6 nitrogen and oxygen atoms in total. The van der Waals surface area contributed by atoms with Crippen LogP contribution >= 0.6 is 0 Å². The number of carbonyl (C=O) groups excluding carboxylic acids is 1. The zero-order valence-electron chi connectivity index (χ0n) is 13.7. The summed E-state index contributed by atoms with van der Waals surface area (Å²) in [6.45, 7) is 6.21. The number of aliphatic hydroxyl groups is 1. The van der Waals surface area contributed by atoms with E-state index in [-0.39, 0.29) is 25.2 Å². The van der Waals surface area contributed by atoms with Gasteiger partial charge in [0.15, 0.2) is 0 Å². The van der Waals surface area contributed by atoms with Gasteiger partial charge < -0.3 is 15.2 Å². The second-order valence-corrected chi connectivity index (χ2v) is 5.45. The number of hydrogen-bond donors (Lipinski definition) is 2. The minimum atomic E-state index is -0.380. The van der Waals surface area contributed by atoms with Gasteiger partial charge in [0.2, 0.25) is 5.91 Å². The molecule has 1 atom stereocenters. The molecule has 2 N–H and O–H groups in total. The van der Waals surface area contributed by atoms with Crippen LogP contribution in [0.25, 0.3) is 0 Å². The minimum Gasteiger partial charge on any atom is -0.491 e. The lowest BCUT2D eigenvalue weighted by Gasteiger charge is -2.16. The van der Waals surface area contributed by atoms with Crippen molar-refractivity contribution in [2.45, 2.75) is 33.4 Å². The molecular weight excluding hydrogens is 294 g/mol. The van der Waals surface area contributed by atoms with Crippen molar-refractivity contribution in [2.75, 3.05) is 13.2 Å². The normalized spacial score (nSPS) is 12.0. The number of amides is 1. The van der Waals surface area contributed by atoms with Gasteiger partial charge >= 0.3 is 0 Å². The van der Waals surface area contributed by atoms with E-state index < -0.39 is 0 Å². The van der Waals surface area contributed by atoms with Crippen LogP contribution in [0.1, 0.15) is 29.9 Å². The average Bonchev–Trinajstić information content (AvgIpc) is 2.89. The number of benzene rings is 1. The minimum absolute atomic E-state index is 0.0460. The molecular formula is C17H23N3O3. The third-order valence-electron chi connectivity index (χ3n) is 3.57. The molecule has 6 heteroatoms. The van der Waals surface area contributed by atoms with Crippen molar-refractivity contribution < 1.29 is 14.6 Å². The first-order chi connectivity index (χ1) is 11.0. The summed E-state index contributed by atoms with van der Waals surface area (Å²) < 4.78 is 7.19. The van der Waals surface area contributed by atoms with Crippen molar-refractivity contribution in [3.05, 3.63) is 47.3 Å². The summed E-state index contributed by atoms with van der Waals surface area (Å²) in [7, 11) is 0. The summed E-state index contributed by atoms with van der Waals surface area (Å²) >= 11 is 0. The molecule has 1 aromatic heterocycles. The Morgan fingerprint density at radius 1 is 1.39 bits per heavy atom. The Kier molecular flexibility index (Phi) is 5.76. The monoisotopic (exact) mass is 317 g/mol. The van der Waals surface area contributed by atoms with Crippen LogP contribution in [0.5, 0.6) is 5.75 Å². The molecule has 0 aliphatic rings. The first-order valence-corrected chi connectivity index (χ1v) is 7.65. The van der Waals surface area contributed by atoms with E-state index in [4.69, 9.17) is 9.84 Å². The molecule has 124 valence electrons. The topological polar surface area (TPSA) is 76.4 Å². The van der Waals surface area contributed by atoms with Gasteiger partial charge in [0.05, 0.1) is 12.3 Å². The Morgan fingerprint density at radius 2 is 2.13 bits per heavy atom. The third kappa shape index (κ3) is 4.32. The predicted octanol–water partition coefficient (Wildman–Crippen LogP) is 1.75. The first kappa shape index (κ1) is 17.0. The molecule has 0 aliphatic carbocycles. The Balaban J connectivity index is 2.00. The molecule has 0 radical (unpaired) electrons. The van der Waals surface area contributed by atoms with E-state index in [0.717, 1.165) is 17.0 Å². The second-order valence-electron chi connectivity index (χ2n) is 5.45. The van der Waals surface area contributed by atoms with Crippen LogP contribution in [-0.4, -0.2) is 34.0 Å². The van der Waals surface area contributed by atoms with E-state index >= 15 is 0 Å². The number of para-hydroxylation sites is 1. The largest absolute Gasteiger partial charge is 0.491 e. The van der Waals surface area contributed by atoms with Gasteiger partial charge in [-0.2, -0.15) is 5.10 Å². The summed E-state index contributed by atoms with van der Waals surface area (Å²) in [6, 6.07) is 9.02. The number of nitrogens with one attached hydrogen (secondary N) is 1. The van der Waals surface area contributed by atoms with Crippen molar-refractivity contribution in [3.63, 3.8) is 0 Å². The molecule has 0 fully saturated rings. The molecule has 0 bridgehead atoms. The Morgan fingerprint density at radius 3 is 2.78 bits per heavy atom. The van der Waals surface area contributed by atoms with Crippen molar-refractivity contribution in [1.82, 2.24) is 15.1 Å². The van der Waals surface area contributed by atoms with Crippen LogP contribution in [0.4, 0.5) is 0 Å². The highest BCUT2D eigenvalue weighted by Crippen LogP contribution is 2.18. The lowest BCUT2D eigenvalue weighted by atomic mass is 10.2. The quantitative estimate of drug-likeness (QED) is 0.816. The number of carbonyl (C=O) groups is 1. The van der Waals surface area contributed by atoms with Gasteiger partial charge in [-0.05, 0) is 32.9 Å². The number of aryl methyl sites for hydroxylation is 2. The maximum atomic E-state index is 12.4. The highest BCUT2D eigenvalue weighted by Gasteiger charge is 2.18. The molecule has 0 saturated carbocycles. The van der Waals surface area contributed by atoms with Crippen molar-refractivity contribution >= 4 is 5.91 Å². The number of aromatic nitrogens is 2. The van der Waals surface area contributed by atoms with Gasteiger partial charge in [-0.3, -0.25) is 9.48 Å². The number of aliphatic hydroxyl groups excluding tert-OH is 1. The molecule has 1 unspecified atom stereocenters. The summed E-state index contributed by atoms with van der Waals surface area (Å²) in [5, 5.41) is 16.1. The Bertz CT molecular complexity index is 667. The van der Waals surface area contributed by atoms with E-state index in [1.54, 1.807) is 4.68 Å². The lowest BCUT2D eigenvalue weighted by molar-refractivity contribution is -0.124. The van der Waals surface area contributed by atoms with Crippen molar-refractivity contribution in [1.29, 1.82) is 0 Å². The van der Waals surface area contributed by atoms with Gasteiger partial charge in [-0.15, -0.1) is 0 Å². The van der Waals surface area contributed by atoms with Gasteiger partial charge in [-0.25, -0.2) is 0 Å².